The van der Waals surface area contributed by atoms with Crippen LogP contribution in [0.2, 0.25) is 0 Å². The Kier molecular flexibility index (Phi) is 7.04. The third-order valence-corrected chi connectivity index (χ3v) is 10.7. The number of anilines is 9. The Bertz CT molecular complexity index is 2560. The van der Waals surface area contributed by atoms with Gasteiger partial charge in [-0.3, -0.25) is 0 Å². The van der Waals surface area contributed by atoms with Crippen molar-refractivity contribution in [1.82, 2.24) is 0 Å². The van der Waals surface area contributed by atoms with Crippen LogP contribution in [0.3, 0.4) is 0 Å². The maximum atomic E-state index is 2.50. The van der Waals surface area contributed by atoms with Crippen LogP contribution in [-0.2, 0) is 0 Å². The highest BCUT2D eigenvalue weighted by atomic mass is 15.2. The number of hydrogen-bond acceptors (Lipinski definition) is 3. The highest BCUT2D eigenvalue weighted by Crippen LogP contribution is 2.48. The second-order valence-corrected chi connectivity index (χ2v) is 13.9. The molecule has 10 rings (SSSR count). The van der Waals surface area contributed by atoms with Gasteiger partial charge in [-0.15, -0.1) is 0 Å². The smallest absolute Gasteiger partial charge is 0.252 e. The summed E-state index contributed by atoms with van der Waals surface area (Å²) in [6, 6.07) is 66.7. The molecule has 0 aliphatic carbocycles. The van der Waals surface area contributed by atoms with Crippen LogP contribution in [0.4, 0.5) is 51.2 Å². The molecule has 0 saturated heterocycles. The molecular weight excluding hydrogens is 629 g/mol. The molecule has 0 radical (unpaired) electrons. The van der Waals surface area contributed by atoms with Crippen molar-refractivity contribution in [2.45, 2.75) is 13.8 Å². The van der Waals surface area contributed by atoms with Gasteiger partial charge in [-0.05, 0) is 108 Å². The lowest BCUT2D eigenvalue weighted by atomic mass is 9.33. The Hall–Kier alpha value is -6.52. The molecule has 0 saturated carbocycles. The standard InChI is InChI=1S/C48H36BN3/c1-33-25-28-38(29-26-33)51-42-30-27-34(2)31-41(42)49-47-40-22-13-12-21-39(40)45(50(35-15-6-3-7-16-35)36-17-8-4-9-18-36)32-46(47)52(37-19-10-5-11-20-37)44-24-14-23-43(51)48(44)49/h3-32H,1-2H3. The molecule has 0 amide bonds. The van der Waals surface area contributed by atoms with Crippen molar-refractivity contribution in [3.8, 4) is 0 Å². The zero-order chi connectivity index (χ0) is 34.8. The first kappa shape index (κ1) is 30.3. The Morgan fingerprint density at radius 3 is 1.60 bits per heavy atom. The molecule has 0 fully saturated rings. The van der Waals surface area contributed by atoms with Gasteiger partial charge >= 0.3 is 0 Å². The van der Waals surface area contributed by atoms with E-state index >= 15 is 0 Å². The van der Waals surface area contributed by atoms with Crippen LogP contribution in [-0.4, -0.2) is 6.71 Å². The lowest BCUT2D eigenvalue weighted by Gasteiger charge is -2.45. The molecule has 0 bridgehead atoms. The SMILES string of the molecule is Cc1ccc(N2c3ccc(C)cc3B3c4c2cccc4N(c2ccccc2)c2cc(N(c4ccccc4)c4ccccc4)c4ccccc4c23)cc1. The van der Waals surface area contributed by atoms with Gasteiger partial charge in [-0.25, -0.2) is 0 Å². The summed E-state index contributed by atoms with van der Waals surface area (Å²) < 4.78 is 0. The molecule has 2 aliphatic heterocycles. The van der Waals surface area contributed by atoms with Crippen LogP contribution < -0.4 is 31.1 Å². The summed E-state index contributed by atoms with van der Waals surface area (Å²) in [6.45, 7) is 4.40. The fraction of sp³-hybridized carbons (Fsp3) is 0.0417. The van der Waals surface area contributed by atoms with Crippen molar-refractivity contribution in [1.29, 1.82) is 0 Å². The monoisotopic (exact) mass is 665 g/mol. The van der Waals surface area contributed by atoms with E-state index in [0.717, 1.165) is 22.7 Å². The van der Waals surface area contributed by atoms with E-state index in [1.165, 1.54) is 66.7 Å². The van der Waals surface area contributed by atoms with E-state index in [-0.39, 0.29) is 6.71 Å². The molecule has 0 unspecified atom stereocenters. The quantitative estimate of drug-likeness (QED) is 0.169. The Balaban J connectivity index is 1.33. The summed E-state index contributed by atoms with van der Waals surface area (Å²) in [5.41, 5.74) is 17.1. The first-order valence-corrected chi connectivity index (χ1v) is 18.1. The average molecular weight is 666 g/mol. The van der Waals surface area contributed by atoms with Gasteiger partial charge in [0.25, 0.3) is 6.71 Å². The Morgan fingerprint density at radius 2 is 0.942 bits per heavy atom. The van der Waals surface area contributed by atoms with Crippen LogP contribution >= 0.6 is 0 Å². The average Bonchev–Trinajstić information content (AvgIpc) is 3.19. The van der Waals surface area contributed by atoms with Crippen LogP contribution in [0, 0.1) is 13.8 Å². The fourth-order valence-corrected chi connectivity index (χ4v) is 8.50. The highest BCUT2D eigenvalue weighted by molar-refractivity contribution is 7.01. The van der Waals surface area contributed by atoms with Gasteiger partial charge < -0.3 is 14.7 Å². The minimum absolute atomic E-state index is 0.0265. The Morgan fingerprint density at radius 1 is 0.404 bits per heavy atom. The lowest BCUT2D eigenvalue weighted by molar-refractivity contribution is 1.24. The molecule has 2 aliphatic rings. The summed E-state index contributed by atoms with van der Waals surface area (Å²) >= 11 is 0. The number of para-hydroxylation sites is 3. The molecule has 0 aromatic heterocycles. The van der Waals surface area contributed by atoms with E-state index in [1.54, 1.807) is 0 Å². The molecular formula is C48H36BN3. The molecule has 0 N–H and O–H groups in total. The van der Waals surface area contributed by atoms with Crippen molar-refractivity contribution < 1.29 is 0 Å². The number of benzene rings is 8. The summed E-state index contributed by atoms with van der Waals surface area (Å²) in [7, 11) is 0. The predicted octanol–water partition coefficient (Wildman–Crippen LogP) is 11.0. The van der Waals surface area contributed by atoms with E-state index < -0.39 is 0 Å². The van der Waals surface area contributed by atoms with Crippen LogP contribution in [0.15, 0.2) is 182 Å². The minimum Gasteiger partial charge on any atom is -0.311 e. The summed E-state index contributed by atoms with van der Waals surface area (Å²) in [6.07, 6.45) is 0. The van der Waals surface area contributed by atoms with Crippen LogP contribution in [0.1, 0.15) is 11.1 Å². The van der Waals surface area contributed by atoms with Crippen molar-refractivity contribution >= 4 is 85.1 Å². The van der Waals surface area contributed by atoms with Crippen molar-refractivity contribution in [3.63, 3.8) is 0 Å². The molecule has 4 heteroatoms. The maximum Gasteiger partial charge on any atom is 0.252 e. The number of aryl methyl sites for hydroxylation is 2. The van der Waals surface area contributed by atoms with Crippen LogP contribution in [0.5, 0.6) is 0 Å². The molecule has 52 heavy (non-hydrogen) atoms. The van der Waals surface area contributed by atoms with Gasteiger partial charge in [0.15, 0.2) is 0 Å². The molecule has 2 heterocycles. The predicted molar refractivity (Wildman–Crippen MR) is 222 cm³/mol. The van der Waals surface area contributed by atoms with Gasteiger partial charge in [0, 0.05) is 50.9 Å². The van der Waals surface area contributed by atoms with Gasteiger partial charge in [0.05, 0.1) is 5.69 Å². The van der Waals surface area contributed by atoms with E-state index in [0.29, 0.717) is 0 Å². The summed E-state index contributed by atoms with van der Waals surface area (Å²) in [5, 5.41) is 2.48. The topological polar surface area (TPSA) is 9.72 Å². The molecule has 8 aromatic carbocycles. The molecule has 3 nitrogen and oxygen atoms in total. The number of rotatable bonds is 5. The van der Waals surface area contributed by atoms with Gasteiger partial charge in [0.2, 0.25) is 0 Å². The minimum atomic E-state index is 0.0265. The summed E-state index contributed by atoms with van der Waals surface area (Å²) in [4.78, 5) is 7.39. The molecule has 246 valence electrons. The first-order valence-electron chi connectivity index (χ1n) is 18.1. The normalized spacial score (nSPS) is 12.7. The van der Waals surface area contributed by atoms with Gasteiger partial charge in [0.1, 0.15) is 0 Å². The maximum absolute atomic E-state index is 2.50. The van der Waals surface area contributed by atoms with E-state index in [4.69, 9.17) is 0 Å². The highest BCUT2D eigenvalue weighted by Gasteiger charge is 2.44. The zero-order valence-corrected chi connectivity index (χ0v) is 29.2. The van der Waals surface area contributed by atoms with Crippen molar-refractivity contribution in [3.05, 3.63) is 193 Å². The number of nitrogens with zero attached hydrogens (tertiary/aromatic N) is 3. The fourth-order valence-electron chi connectivity index (χ4n) is 8.50. The number of hydrogen-bond donors (Lipinski definition) is 0. The van der Waals surface area contributed by atoms with Crippen molar-refractivity contribution in [2.75, 3.05) is 14.7 Å². The van der Waals surface area contributed by atoms with E-state index in [1.807, 2.05) is 0 Å². The van der Waals surface area contributed by atoms with Crippen LogP contribution in [0.25, 0.3) is 10.8 Å². The van der Waals surface area contributed by atoms with Gasteiger partial charge in [-0.2, -0.15) is 0 Å². The third kappa shape index (κ3) is 4.68. The molecule has 0 spiro atoms. The van der Waals surface area contributed by atoms with Crippen molar-refractivity contribution in [2.24, 2.45) is 0 Å². The largest absolute Gasteiger partial charge is 0.311 e. The number of fused-ring (bicyclic) bond motifs is 6. The molecule has 0 atom stereocenters. The molecule has 8 aromatic rings. The second-order valence-electron chi connectivity index (χ2n) is 13.9. The van der Waals surface area contributed by atoms with E-state index in [9.17, 15) is 0 Å². The Labute approximate surface area is 305 Å². The second kappa shape index (κ2) is 12.1. The summed E-state index contributed by atoms with van der Waals surface area (Å²) in [5.74, 6) is 0. The first-order chi connectivity index (χ1) is 25.7. The van der Waals surface area contributed by atoms with E-state index in [2.05, 4.69) is 211 Å². The lowest BCUT2D eigenvalue weighted by Crippen LogP contribution is -2.61. The third-order valence-electron chi connectivity index (χ3n) is 10.7. The zero-order valence-electron chi connectivity index (χ0n) is 29.2. The van der Waals surface area contributed by atoms with Gasteiger partial charge in [-0.1, -0.05) is 120 Å².